The van der Waals surface area contributed by atoms with Gasteiger partial charge in [-0.05, 0) is 18.2 Å². The number of anilines is 1. The maximum Gasteiger partial charge on any atom is 0.292 e. The van der Waals surface area contributed by atoms with Gasteiger partial charge in [-0.25, -0.2) is 9.50 Å². The molecule has 0 bridgehead atoms. The second-order valence-corrected chi connectivity index (χ2v) is 11.0. The molecule has 2 aliphatic rings. The third-order valence-corrected chi connectivity index (χ3v) is 7.95. The number of aliphatic hydroxyl groups excluding tert-OH is 4. The van der Waals surface area contributed by atoms with Crippen molar-refractivity contribution in [1.29, 1.82) is 5.26 Å². The van der Waals surface area contributed by atoms with Crippen LogP contribution in [0.5, 0.6) is 0 Å². The predicted octanol–water partition coefficient (Wildman–Crippen LogP) is -3.64. The molecule has 0 saturated carbocycles. The van der Waals surface area contributed by atoms with E-state index in [1.165, 1.54) is 45.7 Å². The number of phosphoric ester groups is 1. The van der Waals surface area contributed by atoms with Crippen LogP contribution in [0.15, 0.2) is 43.0 Å². The van der Waals surface area contributed by atoms with E-state index in [1.54, 1.807) is 0 Å². The van der Waals surface area contributed by atoms with Crippen molar-refractivity contribution in [2.24, 2.45) is 5.73 Å². The second kappa shape index (κ2) is 11.2. The fourth-order valence-electron chi connectivity index (χ4n) is 4.83. The van der Waals surface area contributed by atoms with Crippen molar-refractivity contribution in [2.75, 3.05) is 18.9 Å². The SMILES string of the molecule is N#C[C@@]1(c2ccc3c(N)ncnn23)O[C@H](COP(=O)([O-])OC[C@H]2O[C@@H]([n+]3cccc(C(N)=O)c3)[C@H](O)[C@@H]2O)[C@@H](O)[C@H]1O. The number of rotatable bonds is 9. The number of carbonyl (C=O) groups excluding carboxylic acids is 1. The molecule has 2 fully saturated rings. The fraction of sp³-hybridized carbons (Fsp3) is 0.435. The van der Waals surface area contributed by atoms with E-state index in [-0.39, 0.29) is 17.1 Å². The number of nitrogens with zero attached hydrogens (tertiary/aromatic N) is 5. The molecule has 1 unspecified atom stereocenters. The lowest BCUT2D eigenvalue weighted by Crippen LogP contribution is -2.46. The van der Waals surface area contributed by atoms with E-state index in [2.05, 4.69) is 10.1 Å². The molecule has 2 saturated heterocycles. The van der Waals surface area contributed by atoms with Crippen molar-refractivity contribution in [1.82, 2.24) is 14.6 Å². The van der Waals surface area contributed by atoms with E-state index in [0.29, 0.717) is 5.52 Å². The number of hydrogen-bond donors (Lipinski definition) is 6. The molecule has 5 heterocycles. The van der Waals surface area contributed by atoms with Crippen LogP contribution in [0.2, 0.25) is 0 Å². The van der Waals surface area contributed by atoms with Gasteiger partial charge in [0.1, 0.15) is 54.0 Å². The quantitative estimate of drug-likeness (QED) is 0.101. The standard InChI is InChI=1S/C23H26N7O11P/c24-9-23(15-4-3-12-20(25)27-10-28-30(12)15)19(34)17(32)14(41-23)8-39-42(36,37)38-7-13-16(31)18(33)22(40-13)29-5-1-2-11(6-29)21(26)35/h1-6,10,13-14,16-19,22,31-34H,7-8H2,(H4-,25,26,27,28,35,36,37)/t13-,14-,16-,17-,18-,19-,22-,23+/m1/s1. The zero-order chi connectivity index (χ0) is 30.4. The number of primary amides is 1. The van der Waals surface area contributed by atoms with Gasteiger partial charge in [-0.1, -0.05) is 0 Å². The van der Waals surface area contributed by atoms with E-state index < -0.39 is 75.4 Å². The van der Waals surface area contributed by atoms with Crippen LogP contribution in [0.3, 0.4) is 0 Å². The number of carbonyl (C=O) groups is 1. The highest BCUT2D eigenvalue weighted by molar-refractivity contribution is 7.45. The number of aliphatic hydroxyl groups is 4. The summed E-state index contributed by atoms with van der Waals surface area (Å²) in [6.07, 6.45) is -6.91. The van der Waals surface area contributed by atoms with E-state index in [0.717, 1.165) is 6.33 Å². The Morgan fingerprint density at radius 2 is 1.90 bits per heavy atom. The first-order valence-electron chi connectivity index (χ1n) is 12.3. The van der Waals surface area contributed by atoms with Gasteiger partial charge in [0.05, 0.1) is 18.9 Å². The van der Waals surface area contributed by atoms with E-state index in [9.17, 15) is 39.9 Å². The zero-order valence-corrected chi connectivity index (χ0v) is 22.4. The Hall–Kier alpha value is -3.60. The van der Waals surface area contributed by atoms with E-state index in [1.807, 2.05) is 6.07 Å². The monoisotopic (exact) mass is 607 g/mol. The summed E-state index contributed by atoms with van der Waals surface area (Å²) in [6.45, 7) is -1.64. The maximum absolute atomic E-state index is 12.5. The first-order chi connectivity index (χ1) is 19.9. The summed E-state index contributed by atoms with van der Waals surface area (Å²) in [4.78, 5) is 27.8. The highest BCUT2D eigenvalue weighted by Gasteiger charge is 2.58. The Bertz CT molecular complexity index is 1580. The number of ether oxygens (including phenoxy) is 2. The summed E-state index contributed by atoms with van der Waals surface area (Å²) in [5.41, 5.74) is 9.31. The number of nitrogen functional groups attached to an aromatic ring is 1. The number of fused-ring (bicyclic) bond motifs is 1. The highest BCUT2D eigenvalue weighted by Crippen LogP contribution is 2.44. The van der Waals surface area contributed by atoms with Crippen molar-refractivity contribution in [3.63, 3.8) is 0 Å². The van der Waals surface area contributed by atoms with E-state index in [4.69, 9.17) is 30.0 Å². The molecule has 224 valence electrons. The van der Waals surface area contributed by atoms with Crippen LogP contribution >= 0.6 is 7.82 Å². The Kier molecular flexibility index (Phi) is 8.00. The molecule has 1 amide bonds. The van der Waals surface area contributed by atoms with Crippen molar-refractivity contribution in [3.8, 4) is 6.07 Å². The Morgan fingerprint density at radius 3 is 2.60 bits per heavy atom. The number of phosphoric acid groups is 1. The molecule has 0 aromatic carbocycles. The Morgan fingerprint density at radius 1 is 1.19 bits per heavy atom. The summed E-state index contributed by atoms with van der Waals surface area (Å²) >= 11 is 0. The molecule has 3 aromatic heterocycles. The topological polar surface area (TPSA) is 285 Å². The van der Waals surface area contributed by atoms with Crippen LogP contribution in [-0.2, 0) is 28.7 Å². The van der Waals surface area contributed by atoms with Gasteiger partial charge in [0, 0.05) is 6.07 Å². The van der Waals surface area contributed by atoms with Gasteiger partial charge in [-0.2, -0.15) is 14.9 Å². The van der Waals surface area contributed by atoms with Crippen molar-refractivity contribution < 1.29 is 57.8 Å². The Labute approximate surface area is 236 Å². The highest BCUT2D eigenvalue weighted by atomic mass is 31.2. The molecular weight excluding hydrogens is 581 g/mol. The van der Waals surface area contributed by atoms with Gasteiger partial charge in [0.2, 0.25) is 5.60 Å². The molecule has 0 spiro atoms. The van der Waals surface area contributed by atoms with Crippen LogP contribution in [0.25, 0.3) is 5.52 Å². The summed E-state index contributed by atoms with van der Waals surface area (Å²) in [6, 6.07) is 7.57. The predicted molar refractivity (Wildman–Crippen MR) is 132 cm³/mol. The van der Waals surface area contributed by atoms with Crippen LogP contribution in [-0.4, -0.2) is 90.8 Å². The molecular formula is C23H26N7O11P. The van der Waals surface area contributed by atoms with Crippen LogP contribution in [0.4, 0.5) is 5.82 Å². The minimum atomic E-state index is -5.15. The zero-order valence-electron chi connectivity index (χ0n) is 21.5. The average molecular weight is 607 g/mol. The molecule has 8 N–H and O–H groups in total. The van der Waals surface area contributed by atoms with Gasteiger partial charge < -0.3 is 55.3 Å². The first-order valence-corrected chi connectivity index (χ1v) is 13.8. The average Bonchev–Trinajstić information content (AvgIpc) is 3.61. The summed E-state index contributed by atoms with van der Waals surface area (Å²) < 4.78 is 35.8. The number of amides is 1. The molecule has 2 aliphatic heterocycles. The van der Waals surface area contributed by atoms with Gasteiger partial charge in [-0.15, -0.1) is 0 Å². The number of aromatic nitrogens is 4. The largest absolute Gasteiger partial charge is 0.756 e. The lowest BCUT2D eigenvalue weighted by atomic mass is 9.92. The van der Waals surface area contributed by atoms with Gasteiger partial charge in [-0.3, -0.25) is 9.36 Å². The summed E-state index contributed by atoms with van der Waals surface area (Å²) in [5, 5.41) is 56.1. The first kappa shape index (κ1) is 29.9. The lowest BCUT2D eigenvalue weighted by molar-refractivity contribution is -0.765. The molecule has 42 heavy (non-hydrogen) atoms. The number of pyridine rings is 1. The summed E-state index contributed by atoms with van der Waals surface area (Å²) in [7, 11) is -5.15. The van der Waals surface area contributed by atoms with Crippen molar-refractivity contribution >= 4 is 25.1 Å². The number of nitriles is 1. The molecule has 0 aliphatic carbocycles. The molecule has 5 rings (SSSR count). The minimum absolute atomic E-state index is 0.00410. The van der Waals surface area contributed by atoms with Crippen molar-refractivity contribution in [2.45, 2.75) is 48.5 Å². The molecule has 19 heteroatoms. The summed E-state index contributed by atoms with van der Waals surface area (Å²) in [5.74, 6) is -0.659. The molecule has 9 atom stereocenters. The third kappa shape index (κ3) is 5.23. The van der Waals surface area contributed by atoms with Gasteiger partial charge >= 0.3 is 0 Å². The van der Waals surface area contributed by atoms with Crippen molar-refractivity contribution in [3.05, 3.63) is 54.2 Å². The maximum atomic E-state index is 12.5. The number of hydrogen-bond acceptors (Lipinski definition) is 15. The number of nitrogens with two attached hydrogens (primary N) is 2. The fourth-order valence-corrected chi connectivity index (χ4v) is 5.56. The third-order valence-electron chi connectivity index (χ3n) is 7.02. The Balaban J connectivity index is 1.23. The van der Waals surface area contributed by atoms with Crippen LogP contribution in [0, 0.1) is 11.3 Å². The second-order valence-electron chi connectivity index (χ2n) is 9.59. The van der Waals surface area contributed by atoms with Gasteiger partial charge in [0.25, 0.3) is 20.0 Å². The molecule has 3 aromatic rings. The lowest BCUT2D eigenvalue weighted by Gasteiger charge is -2.27. The van der Waals surface area contributed by atoms with Crippen LogP contribution in [0.1, 0.15) is 22.3 Å². The van der Waals surface area contributed by atoms with Crippen LogP contribution < -0.4 is 20.9 Å². The smallest absolute Gasteiger partial charge is 0.292 e. The molecule has 0 radical (unpaired) electrons. The van der Waals surface area contributed by atoms with Gasteiger partial charge in [0.15, 0.2) is 24.3 Å². The van der Waals surface area contributed by atoms with E-state index >= 15 is 0 Å². The molecule has 18 nitrogen and oxygen atoms in total. The normalized spacial score (nSPS) is 32.5. The minimum Gasteiger partial charge on any atom is -0.756 e.